The van der Waals surface area contributed by atoms with Gasteiger partial charge in [-0.15, -0.1) is 11.8 Å². The standard InChI is InChI=1S/C15H12Br2N2O3S/c1-9(23-12-5-3-11(4-6-12)19(21)22)15(20)18-14-7-2-10(16)8-13(14)17/h2-9H,1H3,(H,18,20). The summed E-state index contributed by atoms with van der Waals surface area (Å²) in [7, 11) is 0. The fraction of sp³-hybridized carbons (Fsp3) is 0.133. The molecule has 0 spiro atoms. The molecule has 0 bridgehead atoms. The number of nitro benzene ring substituents is 1. The van der Waals surface area contributed by atoms with E-state index in [0.29, 0.717) is 5.69 Å². The molecule has 1 amide bonds. The van der Waals surface area contributed by atoms with E-state index in [1.807, 2.05) is 12.1 Å². The maximum Gasteiger partial charge on any atom is 0.269 e. The molecule has 0 radical (unpaired) electrons. The molecule has 0 aliphatic carbocycles. The van der Waals surface area contributed by atoms with Gasteiger partial charge in [-0.1, -0.05) is 15.9 Å². The zero-order valence-corrected chi connectivity index (χ0v) is 15.9. The van der Waals surface area contributed by atoms with Gasteiger partial charge in [-0.25, -0.2) is 0 Å². The van der Waals surface area contributed by atoms with Gasteiger partial charge < -0.3 is 5.32 Å². The van der Waals surface area contributed by atoms with Crippen LogP contribution >= 0.6 is 43.6 Å². The van der Waals surface area contributed by atoms with Gasteiger partial charge in [-0.2, -0.15) is 0 Å². The number of carbonyl (C=O) groups excluding carboxylic acids is 1. The Labute approximate surface area is 154 Å². The molecule has 2 aromatic rings. The van der Waals surface area contributed by atoms with Crippen LogP contribution in [0.15, 0.2) is 56.3 Å². The highest BCUT2D eigenvalue weighted by atomic mass is 79.9. The third kappa shape index (κ3) is 5.05. The number of nitrogens with zero attached hydrogens (tertiary/aromatic N) is 1. The zero-order chi connectivity index (χ0) is 17.0. The second-order valence-corrected chi connectivity index (χ2v) is 7.81. The van der Waals surface area contributed by atoms with Crippen LogP contribution in [0.3, 0.4) is 0 Å². The maximum absolute atomic E-state index is 12.3. The van der Waals surface area contributed by atoms with Gasteiger partial charge >= 0.3 is 0 Å². The summed E-state index contributed by atoms with van der Waals surface area (Å²) in [5.41, 5.74) is 0.722. The van der Waals surface area contributed by atoms with Crippen LogP contribution < -0.4 is 5.32 Å². The molecule has 8 heteroatoms. The predicted octanol–water partition coefficient (Wildman–Crippen LogP) is 5.24. The Bertz CT molecular complexity index is 738. The fourth-order valence-corrected chi connectivity index (χ4v) is 3.74. The number of carbonyl (C=O) groups is 1. The molecule has 0 aliphatic heterocycles. The summed E-state index contributed by atoms with van der Waals surface area (Å²) in [6.45, 7) is 1.79. The van der Waals surface area contributed by atoms with Gasteiger partial charge in [0.2, 0.25) is 5.91 Å². The number of nitrogens with one attached hydrogen (secondary N) is 1. The lowest BCUT2D eigenvalue weighted by atomic mass is 10.3. The average molecular weight is 460 g/mol. The SMILES string of the molecule is CC(Sc1ccc([N+](=O)[O-])cc1)C(=O)Nc1ccc(Br)cc1Br. The molecular formula is C15H12Br2N2O3S. The van der Waals surface area contributed by atoms with E-state index in [-0.39, 0.29) is 16.8 Å². The van der Waals surface area contributed by atoms with E-state index in [1.165, 1.54) is 23.9 Å². The molecule has 0 saturated heterocycles. The summed E-state index contributed by atoms with van der Waals surface area (Å²) < 4.78 is 1.70. The molecule has 1 unspecified atom stereocenters. The van der Waals surface area contributed by atoms with Crippen LogP contribution in [0.1, 0.15) is 6.92 Å². The highest BCUT2D eigenvalue weighted by Crippen LogP contribution is 2.29. The smallest absolute Gasteiger partial charge is 0.269 e. The number of rotatable bonds is 5. The fourth-order valence-electron chi connectivity index (χ4n) is 1.73. The van der Waals surface area contributed by atoms with Crippen molar-refractivity contribution in [3.8, 4) is 0 Å². The van der Waals surface area contributed by atoms with E-state index in [0.717, 1.165) is 13.8 Å². The molecule has 0 aliphatic rings. The largest absolute Gasteiger partial charge is 0.324 e. The molecule has 2 rings (SSSR count). The molecular weight excluding hydrogens is 448 g/mol. The molecule has 23 heavy (non-hydrogen) atoms. The van der Waals surface area contributed by atoms with Crippen molar-refractivity contribution in [2.75, 3.05) is 5.32 Å². The van der Waals surface area contributed by atoms with Crippen molar-refractivity contribution >= 4 is 60.9 Å². The number of anilines is 1. The quantitative estimate of drug-likeness (QED) is 0.377. The van der Waals surface area contributed by atoms with Crippen molar-refractivity contribution in [3.05, 3.63) is 61.5 Å². The number of hydrogen-bond donors (Lipinski definition) is 1. The first-order valence-electron chi connectivity index (χ1n) is 6.54. The molecule has 0 heterocycles. The Kier molecular flexibility index (Phi) is 6.20. The maximum atomic E-state index is 12.3. The summed E-state index contributed by atoms with van der Waals surface area (Å²) in [6, 6.07) is 11.6. The van der Waals surface area contributed by atoms with Gasteiger partial charge in [-0.05, 0) is 53.2 Å². The third-order valence-electron chi connectivity index (χ3n) is 2.92. The van der Waals surface area contributed by atoms with Gasteiger partial charge in [0.15, 0.2) is 0 Å². The molecule has 5 nitrogen and oxygen atoms in total. The van der Waals surface area contributed by atoms with E-state index in [9.17, 15) is 14.9 Å². The number of amides is 1. The first-order chi connectivity index (χ1) is 10.9. The molecule has 0 saturated carbocycles. The molecule has 1 N–H and O–H groups in total. The lowest BCUT2D eigenvalue weighted by molar-refractivity contribution is -0.384. The minimum Gasteiger partial charge on any atom is -0.324 e. The van der Waals surface area contributed by atoms with Crippen LogP contribution in [0.4, 0.5) is 11.4 Å². The summed E-state index contributed by atoms with van der Waals surface area (Å²) in [5.74, 6) is -0.142. The molecule has 1 atom stereocenters. The number of nitro groups is 1. The van der Waals surface area contributed by atoms with Crippen LogP contribution in [-0.4, -0.2) is 16.1 Å². The van der Waals surface area contributed by atoms with Crippen LogP contribution in [0.2, 0.25) is 0 Å². The highest BCUT2D eigenvalue weighted by molar-refractivity contribution is 9.11. The Morgan fingerprint density at radius 2 is 1.87 bits per heavy atom. The van der Waals surface area contributed by atoms with E-state index in [1.54, 1.807) is 25.1 Å². The van der Waals surface area contributed by atoms with Crippen LogP contribution in [0.25, 0.3) is 0 Å². The van der Waals surface area contributed by atoms with Gasteiger partial charge in [0.25, 0.3) is 5.69 Å². The topological polar surface area (TPSA) is 72.2 Å². The monoisotopic (exact) mass is 458 g/mol. The number of halogens is 2. The summed E-state index contributed by atoms with van der Waals surface area (Å²) >= 11 is 8.10. The normalized spacial score (nSPS) is 11.8. The van der Waals surface area contributed by atoms with Crippen molar-refractivity contribution in [1.82, 2.24) is 0 Å². The number of hydrogen-bond acceptors (Lipinski definition) is 4. The van der Waals surface area contributed by atoms with E-state index >= 15 is 0 Å². The Morgan fingerprint density at radius 3 is 2.43 bits per heavy atom. The van der Waals surface area contributed by atoms with Gasteiger partial charge in [0.05, 0.1) is 15.9 Å². The first-order valence-corrected chi connectivity index (χ1v) is 9.00. The summed E-state index contributed by atoms with van der Waals surface area (Å²) in [4.78, 5) is 23.2. The zero-order valence-electron chi connectivity index (χ0n) is 12.0. The van der Waals surface area contributed by atoms with Gasteiger partial charge in [0.1, 0.15) is 0 Å². The molecule has 0 fully saturated rings. The second-order valence-electron chi connectivity index (χ2n) is 4.62. The lowest BCUT2D eigenvalue weighted by Gasteiger charge is -2.13. The minimum atomic E-state index is -0.449. The number of non-ortho nitro benzene ring substituents is 1. The van der Waals surface area contributed by atoms with E-state index < -0.39 is 4.92 Å². The summed E-state index contributed by atoms with van der Waals surface area (Å²) in [6.07, 6.45) is 0. The second kappa shape index (κ2) is 7.94. The number of benzene rings is 2. The Balaban J connectivity index is 2.00. The Morgan fingerprint density at radius 1 is 1.22 bits per heavy atom. The van der Waals surface area contributed by atoms with Gasteiger partial charge in [0, 0.05) is 26.0 Å². The van der Waals surface area contributed by atoms with Crippen molar-refractivity contribution in [2.45, 2.75) is 17.1 Å². The van der Waals surface area contributed by atoms with Crippen LogP contribution in [0, 0.1) is 10.1 Å². The number of thioether (sulfide) groups is 1. The van der Waals surface area contributed by atoms with Gasteiger partial charge in [-0.3, -0.25) is 14.9 Å². The Hall–Kier alpha value is -1.38. The van der Waals surface area contributed by atoms with Crippen LogP contribution in [-0.2, 0) is 4.79 Å². The minimum absolute atomic E-state index is 0.0326. The average Bonchev–Trinajstić information content (AvgIpc) is 2.50. The van der Waals surface area contributed by atoms with E-state index in [4.69, 9.17) is 0 Å². The van der Waals surface area contributed by atoms with Crippen molar-refractivity contribution in [1.29, 1.82) is 0 Å². The predicted molar refractivity (Wildman–Crippen MR) is 98.9 cm³/mol. The third-order valence-corrected chi connectivity index (χ3v) is 5.18. The first kappa shape index (κ1) is 18.0. The summed E-state index contributed by atoms with van der Waals surface area (Å²) in [5, 5.41) is 13.1. The van der Waals surface area contributed by atoms with Crippen molar-refractivity contribution in [2.24, 2.45) is 0 Å². The molecule has 0 aromatic heterocycles. The van der Waals surface area contributed by atoms with Crippen LogP contribution in [0.5, 0.6) is 0 Å². The van der Waals surface area contributed by atoms with Crippen molar-refractivity contribution < 1.29 is 9.72 Å². The highest BCUT2D eigenvalue weighted by Gasteiger charge is 2.16. The van der Waals surface area contributed by atoms with Crippen molar-refractivity contribution in [3.63, 3.8) is 0 Å². The molecule has 2 aromatic carbocycles. The lowest BCUT2D eigenvalue weighted by Crippen LogP contribution is -2.22. The van der Waals surface area contributed by atoms with E-state index in [2.05, 4.69) is 37.2 Å². The molecule has 120 valence electrons.